The molecule has 2 rings (SSSR count). The summed E-state index contributed by atoms with van der Waals surface area (Å²) in [5.74, 6) is 0.499. The Morgan fingerprint density at radius 1 is 1.04 bits per heavy atom. The Bertz CT molecular complexity index is 797. The SMILES string of the molecule is COc1ccc(OC)c(N(CC(=O)Nc2c(C)cccc2C)C(C)=O)c1. The highest BCUT2D eigenvalue weighted by Gasteiger charge is 2.21. The lowest BCUT2D eigenvalue weighted by molar-refractivity contribution is -0.120. The number of amides is 2. The molecule has 0 aliphatic carbocycles. The summed E-state index contributed by atoms with van der Waals surface area (Å²) in [6, 6.07) is 10.9. The summed E-state index contributed by atoms with van der Waals surface area (Å²) < 4.78 is 10.6. The van der Waals surface area contributed by atoms with Crippen molar-refractivity contribution in [2.75, 3.05) is 31.0 Å². The van der Waals surface area contributed by atoms with Gasteiger partial charge in [0, 0.05) is 18.7 Å². The summed E-state index contributed by atoms with van der Waals surface area (Å²) >= 11 is 0. The topological polar surface area (TPSA) is 67.9 Å². The van der Waals surface area contributed by atoms with Gasteiger partial charge in [0.05, 0.1) is 19.9 Å². The predicted molar refractivity (Wildman–Crippen MR) is 102 cm³/mol. The van der Waals surface area contributed by atoms with Gasteiger partial charge in [0.2, 0.25) is 11.8 Å². The summed E-state index contributed by atoms with van der Waals surface area (Å²) in [6.07, 6.45) is 0. The minimum atomic E-state index is -0.289. The lowest BCUT2D eigenvalue weighted by atomic mass is 10.1. The molecule has 0 bridgehead atoms. The van der Waals surface area contributed by atoms with E-state index in [-0.39, 0.29) is 18.4 Å². The summed E-state index contributed by atoms with van der Waals surface area (Å²) in [5, 5.41) is 2.89. The van der Waals surface area contributed by atoms with E-state index in [0.29, 0.717) is 17.2 Å². The van der Waals surface area contributed by atoms with Crippen LogP contribution in [0.2, 0.25) is 0 Å². The molecule has 2 amide bonds. The quantitative estimate of drug-likeness (QED) is 0.862. The van der Waals surface area contributed by atoms with E-state index in [9.17, 15) is 9.59 Å². The Morgan fingerprint density at radius 2 is 1.69 bits per heavy atom. The highest BCUT2D eigenvalue weighted by molar-refractivity contribution is 6.03. The number of nitrogens with zero attached hydrogens (tertiary/aromatic N) is 1. The second-order valence-electron chi connectivity index (χ2n) is 5.96. The fourth-order valence-corrected chi connectivity index (χ4v) is 2.71. The number of hydrogen-bond acceptors (Lipinski definition) is 4. The third-order valence-electron chi connectivity index (χ3n) is 4.10. The van der Waals surface area contributed by atoms with Crippen LogP contribution in [-0.4, -0.2) is 32.6 Å². The first-order chi connectivity index (χ1) is 12.4. The van der Waals surface area contributed by atoms with Gasteiger partial charge >= 0.3 is 0 Å². The van der Waals surface area contributed by atoms with Crippen LogP contribution in [-0.2, 0) is 9.59 Å². The van der Waals surface area contributed by atoms with Gasteiger partial charge in [-0.2, -0.15) is 0 Å². The molecule has 2 aromatic carbocycles. The number of rotatable bonds is 6. The largest absolute Gasteiger partial charge is 0.497 e. The molecule has 6 nitrogen and oxygen atoms in total. The molecule has 138 valence electrons. The number of nitrogens with one attached hydrogen (secondary N) is 1. The average molecular weight is 356 g/mol. The molecule has 0 spiro atoms. The van der Waals surface area contributed by atoms with Gasteiger partial charge in [-0.1, -0.05) is 18.2 Å². The van der Waals surface area contributed by atoms with Crippen molar-refractivity contribution in [3.8, 4) is 11.5 Å². The van der Waals surface area contributed by atoms with Gasteiger partial charge in [-0.15, -0.1) is 0 Å². The minimum absolute atomic E-state index is 0.132. The van der Waals surface area contributed by atoms with E-state index in [1.807, 2.05) is 32.0 Å². The van der Waals surface area contributed by atoms with Gasteiger partial charge in [0.25, 0.3) is 0 Å². The number of carbonyl (C=O) groups is 2. The normalized spacial score (nSPS) is 10.2. The Labute approximate surface area is 153 Å². The lowest BCUT2D eigenvalue weighted by Crippen LogP contribution is -2.37. The molecule has 0 aliphatic rings. The molecule has 0 atom stereocenters. The predicted octanol–water partition coefficient (Wildman–Crippen LogP) is 3.31. The highest BCUT2D eigenvalue weighted by atomic mass is 16.5. The van der Waals surface area contributed by atoms with E-state index < -0.39 is 0 Å². The first-order valence-electron chi connectivity index (χ1n) is 8.23. The molecular weight excluding hydrogens is 332 g/mol. The van der Waals surface area contributed by atoms with Gasteiger partial charge in [0.1, 0.15) is 18.0 Å². The molecule has 0 fully saturated rings. The van der Waals surface area contributed by atoms with Gasteiger partial charge in [0.15, 0.2) is 0 Å². The number of para-hydroxylation sites is 1. The molecular formula is C20H24N2O4. The highest BCUT2D eigenvalue weighted by Crippen LogP contribution is 2.32. The lowest BCUT2D eigenvalue weighted by Gasteiger charge is -2.23. The molecule has 0 unspecified atom stereocenters. The van der Waals surface area contributed by atoms with Crippen molar-refractivity contribution in [3.63, 3.8) is 0 Å². The molecule has 26 heavy (non-hydrogen) atoms. The Hall–Kier alpha value is -3.02. The molecule has 0 radical (unpaired) electrons. The van der Waals surface area contributed by atoms with E-state index in [1.54, 1.807) is 18.2 Å². The van der Waals surface area contributed by atoms with E-state index in [0.717, 1.165) is 16.8 Å². The molecule has 0 saturated carbocycles. The summed E-state index contributed by atoms with van der Waals surface area (Å²) in [7, 11) is 3.05. The van der Waals surface area contributed by atoms with Crippen molar-refractivity contribution in [2.45, 2.75) is 20.8 Å². The number of anilines is 2. The monoisotopic (exact) mass is 356 g/mol. The van der Waals surface area contributed by atoms with Crippen molar-refractivity contribution >= 4 is 23.2 Å². The zero-order chi connectivity index (χ0) is 19.3. The maximum absolute atomic E-state index is 12.6. The first-order valence-corrected chi connectivity index (χ1v) is 8.23. The Kier molecular flexibility index (Phi) is 6.22. The van der Waals surface area contributed by atoms with E-state index in [2.05, 4.69) is 5.32 Å². The minimum Gasteiger partial charge on any atom is -0.497 e. The van der Waals surface area contributed by atoms with Crippen molar-refractivity contribution < 1.29 is 19.1 Å². The fourth-order valence-electron chi connectivity index (χ4n) is 2.71. The van der Waals surface area contributed by atoms with Crippen LogP contribution in [0.1, 0.15) is 18.1 Å². The third kappa shape index (κ3) is 4.33. The number of hydrogen-bond donors (Lipinski definition) is 1. The van der Waals surface area contributed by atoms with E-state index in [1.165, 1.54) is 26.0 Å². The van der Waals surface area contributed by atoms with Crippen LogP contribution in [0.4, 0.5) is 11.4 Å². The number of methoxy groups -OCH3 is 2. The zero-order valence-corrected chi connectivity index (χ0v) is 15.8. The van der Waals surface area contributed by atoms with Crippen LogP contribution in [0.5, 0.6) is 11.5 Å². The van der Waals surface area contributed by atoms with Crippen LogP contribution in [0, 0.1) is 13.8 Å². The van der Waals surface area contributed by atoms with Crippen molar-refractivity contribution in [1.82, 2.24) is 0 Å². The van der Waals surface area contributed by atoms with Gasteiger partial charge in [-0.05, 0) is 37.1 Å². The first kappa shape index (κ1) is 19.3. The van der Waals surface area contributed by atoms with E-state index >= 15 is 0 Å². The van der Waals surface area contributed by atoms with Gasteiger partial charge < -0.3 is 14.8 Å². The molecule has 0 aliphatic heterocycles. The molecule has 6 heteroatoms. The average Bonchev–Trinajstić information content (AvgIpc) is 2.62. The van der Waals surface area contributed by atoms with Crippen molar-refractivity contribution in [2.24, 2.45) is 0 Å². The van der Waals surface area contributed by atoms with E-state index in [4.69, 9.17) is 9.47 Å². The van der Waals surface area contributed by atoms with Crippen molar-refractivity contribution in [3.05, 3.63) is 47.5 Å². The number of ether oxygens (including phenoxy) is 2. The summed E-state index contributed by atoms with van der Waals surface area (Å²) in [4.78, 5) is 26.1. The third-order valence-corrected chi connectivity index (χ3v) is 4.10. The maximum atomic E-state index is 12.6. The fraction of sp³-hybridized carbons (Fsp3) is 0.300. The molecule has 2 aromatic rings. The zero-order valence-electron chi connectivity index (χ0n) is 15.8. The second-order valence-corrected chi connectivity index (χ2v) is 5.96. The number of aryl methyl sites for hydroxylation is 2. The summed E-state index contributed by atoms with van der Waals surface area (Å²) in [5.41, 5.74) is 3.17. The molecule has 1 N–H and O–H groups in total. The summed E-state index contributed by atoms with van der Waals surface area (Å²) in [6.45, 7) is 5.13. The van der Waals surface area contributed by atoms with Crippen LogP contribution in [0.25, 0.3) is 0 Å². The number of benzene rings is 2. The van der Waals surface area contributed by atoms with Gasteiger partial charge in [-0.25, -0.2) is 0 Å². The van der Waals surface area contributed by atoms with Crippen LogP contribution in [0.15, 0.2) is 36.4 Å². The van der Waals surface area contributed by atoms with Crippen LogP contribution >= 0.6 is 0 Å². The Morgan fingerprint density at radius 3 is 2.23 bits per heavy atom. The molecule has 0 saturated heterocycles. The maximum Gasteiger partial charge on any atom is 0.244 e. The van der Waals surface area contributed by atoms with Crippen LogP contribution in [0.3, 0.4) is 0 Å². The van der Waals surface area contributed by atoms with Crippen molar-refractivity contribution in [1.29, 1.82) is 0 Å². The van der Waals surface area contributed by atoms with Crippen LogP contribution < -0.4 is 19.7 Å². The van der Waals surface area contributed by atoms with Gasteiger partial charge in [-0.3, -0.25) is 14.5 Å². The second kappa shape index (κ2) is 8.38. The molecule has 0 heterocycles. The number of carbonyl (C=O) groups excluding carboxylic acids is 2. The standard InChI is InChI=1S/C20H24N2O4/c1-13-7-6-8-14(2)20(13)21-19(24)12-22(15(3)23)17-11-16(25-4)9-10-18(17)26-5/h6-11H,12H2,1-5H3,(H,21,24). The smallest absolute Gasteiger partial charge is 0.244 e. The Balaban J connectivity index is 2.29. The molecule has 0 aromatic heterocycles.